The van der Waals surface area contributed by atoms with Crippen LogP contribution in [0.2, 0.25) is 10.0 Å². The number of hydrogen-bond donors (Lipinski definition) is 2. The number of halogens is 5. The largest absolute Gasteiger partial charge is 0.416 e. The number of thiol groups is 1. The number of alkyl halides is 3. The van der Waals surface area contributed by atoms with E-state index >= 15 is 0 Å². The molecular weight excluding hydrogens is 520 g/mol. The highest BCUT2D eigenvalue weighted by Gasteiger charge is 2.36. The predicted octanol–water partition coefficient (Wildman–Crippen LogP) is 5.92. The third-order valence-corrected chi connectivity index (χ3v) is 7.37. The summed E-state index contributed by atoms with van der Waals surface area (Å²) < 4.78 is 41.2. The SMILES string of the molecule is Cc1nn(-c2c(Cl)cc(C(F)(F)F)cc2Cl)c(N(C)C)c1C(S)N1Cc2ccccc2CC1CO. The molecule has 3 aromatic rings. The summed E-state index contributed by atoms with van der Waals surface area (Å²) in [5.74, 6) is 0.585. The zero-order chi connectivity index (χ0) is 25.7. The number of benzene rings is 2. The van der Waals surface area contributed by atoms with Crippen molar-refractivity contribution in [3.63, 3.8) is 0 Å². The maximum Gasteiger partial charge on any atom is 0.416 e. The van der Waals surface area contributed by atoms with Gasteiger partial charge < -0.3 is 10.0 Å². The quantitative estimate of drug-likeness (QED) is 0.391. The molecule has 2 atom stereocenters. The fourth-order valence-corrected chi connectivity index (χ4v) is 5.80. The summed E-state index contributed by atoms with van der Waals surface area (Å²) >= 11 is 17.6. The predicted molar refractivity (Wildman–Crippen MR) is 136 cm³/mol. The van der Waals surface area contributed by atoms with Gasteiger partial charge in [-0.3, -0.25) is 4.90 Å². The van der Waals surface area contributed by atoms with Gasteiger partial charge in [-0.05, 0) is 36.6 Å². The van der Waals surface area contributed by atoms with Gasteiger partial charge in [0.15, 0.2) is 0 Å². The fraction of sp³-hybridized carbons (Fsp3) is 0.375. The number of hydrogen-bond acceptors (Lipinski definition) is 5. The van der Waals surface area contributed by atoms with Crippen LogP contribution < -0.4 is 4.90 Å². The van der Waals surface area contributed by atoms with E-state index in [1.54, 1.807) is 25.9 Å². The molecule has 188 valence electrons. The second-order valence-corrected chi connectivity index (χ2v) is 10.1. The molecule has 1 aliphatic rings. The van der Waals surface area contributed by atoms with Crippen molar-refractivity contribution in [2.24, 2.45) is 0 Å². The number of rotatable bonds is 5. The first-order valence-electron chi connectivity index (χ1n) is 10.9. The maximum atomic E-state index is 13.3. The van der Waals surface area contributed by atoms with E-state index in [4.69, 9.17) is 35.8 Å². The molecule has 4 rings (SSSR count). The molecule has 0 saturated heterocycles. The van der Waals surface area contributed by atoms with Gasteiger partial charge in [-0.2, -0.15) is 30.9 Å². The van der Waals surface area contributed by atoms with Crippen LogP contribution in [0.1, 0.15) is 33.3 Å². The molecule has 0 aliphatic carbocycles. The third kappa shape index (κ3) is 4.89. The van der Waals surface area contributed by atoms with Crippen LogP contribution in [0.15, 0.2) is 36.4 Å². The number of aryl methyl sites for hydroxylation is 1. The molecule has 2 heterocycles. The van der Waals surface area contributed by atoms with Crippen LogP contribution >= 0.6 is 35.8 Å². The monoisotopic (exact) mass is 544 g/mol. The van der Waals surface area contributed by atoms with Gasteiger partial charge in [0.05, 0.1) is 33.3 Å². The Morgan fingerprint density at radius 3 is 2.31 bits per heavy atom. The van der Waals surface area contributed by atoms with Crippen molar-refractivity contribution in [3.05, 3.63) is 74.4 Å². The number of fused-ring (bicyclic) bond motifs is 1. The summed E-state index contributed by atoms with van der Waals surface area (Å²) in [7, 11) is 3.61. The molecule has 1 aromatic heterocycles. The molecule has 1 N–H and O–H groups in total. The summed E-state index contributed by atoms with van der Waals surface area (Å²) in [6, 6.07) is 9.61. The number of aromatic nitrogens is 2. The molecule has 0 radical (unpaired) electrons. The van der Waals surface area contributed by atoms with Crippen LogP contribution in [0, 0.1) is 6.92 Å². The number of nitrogens with zero attached hydrogens (tertiary/aromatic N) is 4. The Labute approximate surface area is 217 Å². The van der Waals surface area contributed by atoms with Crippen LogP contribution in [-0.2, 0) is 19.1 Å². The van der Waals surface area contributed by atoms with Gasteiger partial charge in [0.1, 0.15) is 11.5 Å². The summed E-state index contributed by atoms with van der Waals surface area (Å²) in [6.07, 6.45) is -3.91. The first kappa shape index (κ1) is 26.2. The summed E-state index contributed by atoms with van der Waals surface area (Å²) in [6.45, 7) is 2.33. The highest BCUT2D eigenvalue weighted by molar-refractivity contribution is 7.80. The summed E-state index contributed by atoms with van der Waals surface area (Å²) in [5.41, 5.74) is 2.94. The van der Waals surface area contributed by atoms with Crippen molar-refractivity contribution in [2.75, 3.05) is 25.6 Å². The van der Waals surface area contributed by atoms with Crippen LogP contribution in [-0.4, -0.2) is 46.5 Å². The summed E-state index contributed by atoms with van der Waals surface area (Å²) in [4.78, 5) is 3.90. The van der Waals surface area contributed by atoms with E-state index in [-0.39, 0.29) is 28.4 Å². The Bertz CT molecular complexity index is 1220. The Morgan fingerprint density at radius 2 is 1.77 bits per heavy atom. The Kier molecular flexibility index (Phi) is 7.37. The average Bonchev–Trinajstić information content (AvgIpc) is 3.13. The Balaban J connectivity index is 1.82. The topological polar surface area (TPSA) is 44.5 Å². The van der Waals surface area contributed by atoms with Crippen molar-refractivity contribution in [2.45, 2.75) is 37.5 Å². The minimum atomic E-state index is -4.58. The molecule has 0 amide bonds. The number of aliphatic hydroxyl groups is 1. The van der Waals surface area contributed by atoms with Crippen molar-refractivity contribution in [1.29, 1.82) is 0 Å². The molecule has 35 heavy (non-hydrogen) atoms. The molecule has 11 heteroatoms. The van der Waals surface area contributed by atoms with E-state index in [2.05, 4.69) is 22.1 Å². The molecule has 2 aromatic carbocycles. The molecule has 1 aliphatic heterocycles. The van der Waals surface area contributed by atoms with Crippen molar-refractivity contribution >= 4 is 41.6 Å². The highest BCUT2D eigenvalue weighted by Crippen LogP contribution is 2.43. The van der Waals surface area contributed by atoms with Crippen LogP contribution in [0.3, 0.4) is 0 Å². The van der Waals surface area contributed by atoms with Crippen molar-refractivity contribution < 1.29 is 18.3 Å². The van der Waals surface area contributed by atoms with Gasteiger partial charge in [0.2, 0.25) is 0 Å². The lowest BCUT2D eigenvalue weighted by Gasteiger charge is -2.40. The molecule has 5 nitrogen and oxygen atoms in total. The first-order valence-corrected chi connectivity index (χ1v) is 12.2. The standard InChI is InChI=1S/C24H25Cl2F3N4OS/c1-13-20(23(35)32-11-15-7-5-4-6-14(15)8-17(32)12-34)22(31(2)3)33(30-13)21-18(25)9-16(10-19(21)26)24(27,28)29/h4-7,9-10,17,23,34-35H,8,11-12H2,1-3H3. The lowest BCUT2D eigenvalue weighted by atomic mass is 9.93. The van der Waals surface area contributed by atoms with Crippen LogP contribution in [0.25, 0.3) is 5.69 Å². The normalized spacial score (nSPS) is 17.4. The average molecular weight is 545 g/mol. The van der Waals surface area contributed by atoms with Crippen LogP contribution in [0.4, 0.5) is 19.0 Å². The molecule has 2 unspecified atom stereocenters. The van der Waals surface area contributed by atoms with Gasteiger partial charge >= 0.3 is 6.18 Å². The van der Waals surface area contributed by atoms with E-state index in [0.29, 0.717) is 24.5 Å². The van der Waals surface area contributed by atoms with E-state index in [9.17, 15) is 18.3 Å². The zero-order valence-electron chi connectivity index (χ0n) is 19.3. The minimum absolute atomic E-state index is 0.0492. The van der Waals surface area contributed by atoms with Gasteiger partial charge in [-0.1, -0.05) is 47.5 Å². The Morgan fingerprint density at radius 1 is 1.17 bits per heavy atom. The molecule has 0 bridgehead atoms. The van der Waals surface area contributed by atoms with Gasteiger partial charge in [0.25, 0.3) is 0 Å². The zero-order valence-corrected chi connectivity index (χ0v) is 21.7. The molecule has 0 spiro atoms. The van der Waals surface area contributed by atoms with Crippen molar-refractivity contribution in [3.8, 4) is 5.69 Å². The number of anilines is 1. The second-order valence-electron chi connectivity index (χ2n) is 8.77. The van der Waals surface area contributed by atoms with E-state index in [0.717, 1.165) is 23.3 Å². The third-order valence-electron chi connectivity index (χ3n) is 6.24. The summed E-state index contributed by atoms with van der Waals surface area (Å²) in [5, 5.41) is 14.0. The number of aliphatic hydroxyl groups excluding tert-OH is 1. The molecule has 0 fully saturated rings. The maximum absolute atomic E-state index is 13.3. The smallest absolute Gasteiger partial charge is 0.395 e. The molecular formula is C24H25Cl2F3N4OS. The van der Waals surface area contributed by atoms with Gasteiger partial charge in [-0.25, -0.2) is 4.68 Å². The lowest BCUT2D eigenvalue weighted by Crippen LogP contribution is -2.43. The second kappa shape index (κ2) is 9.86. The fourth-order valence-electron chi connectivity index (χ4n) is 4.58. The van der Waals surface area contributed by atoms with Gasteiger partial charge in [-0.15, -0.1) is 0 Å². The van der Waals surface area contributed by atoms with Crippen LogP contribution in [0.5, 0.6) is 0 Å². The van der Waals surface area contributed by atoms with E-state index in [1.807, 2.05) is 12.1 Å². The Hall–Kier alpha value is -1.91. The molecule has 0 saturated carbocycles. The minimum Gasteiger partial charge on any atom is -0.395 e. The van der Waals surface area contributed by atoms with Crippen molar-refractivity contribution in [1.82, 2.24) is 14.7 Å². The van der Waals surface area contributed by atoms with E-state index < -0.39 is 17.1 Å². The van der Waals surface area contributed by atoms with Gasteiger partial charge in [0, 0.05) is 32.2 Å². The highest BCUT2D eigenvalue weighted by atomic mass is 35.5. The first-order chi connectivity index (χ1) is 16.4. The van der Waals surface area contributed by atoms with E-state index in [1.165, 1.54) is 10.2 Å². The lowest BCUT2D eigenvalue weighted by molar-refractivity contribution is -0.137.